The van der Waals surface area contributed by atoms with Gasteiger partial charge in [-0.1, -0.05) is 26.7 Å². The van der Waals surface area contributed by atoms with Gasteiger partial charge in [-0.3, -0.25) is 4.79 Å². The summed E-state index contributed by atoms with van der Waals surface area (Å²) in [6.45, 7) is 4.86. The van der Waals surface area contributed by atoms with E-state index in [2.05, 4.69) is 13.8 Å². The third-order valence-corrected chi connectivity index (χ3v) is 4.06. The molecule has 3 atom stereocenters. The molecule has 0 aliphatic heterocycles. The number of hydrogen-bond acceptors (Lipinski definition) is 2. The van der Waals surface area contributed by atoms with Gasteiger partial charge in [-0.25, -0.2) is 0 Å². The van der Waals surface area contributed by atoms with Crippen LogP contribution in [0.1, 0.15) is 39.5 Å². The molecule has 2 unspecified atom stereocenters. The van der Waals surface area contributed by atoms with Gasteiger partial charge in [0.2, 0.25) is 0 Å². The largest absolute Gasteiger partial charge is 0.481 e. The average molecular weight is 199 g/mol. The van der Waals surface area contributed by atoms with E-state index in [9.17, 15) is 4.79 Å². The maximum atomic E-state index is 10.8. The third kappa shape index (κ3) is 2.08. The molecule has 1 rings (SSSR count). The van der Waals surface area contributed by atoms with Gasteiger partial charge in [0, 0.05) is 0 Å². The molecule has 3 N–H and O–H groups in total. The number of hydrogen-bond donors (Lipinski definition) is 2. The summed E-state index contributed by atoms with van der Waals surface area (Å²) in [5.41, 5.74) is 5.63. The van der Waals surface area contributed by atoms with Crippen molar-refractivity contribution in [2.24, 2.45) is 23.0 Å². The van der Waals surface area contributed by atoms with Crippen molar-refractivity contribution in [3.8, 4) is 0 Å². The Morgan fingerprint density at radius 2 is 2.21 bits per heavy atom. The van der Waals surface area contributed by atoms with Crippen molar-refractivity contribution in [1.29, 1.82) is 0 Å². The first kappa shape index (κ1) is 11.5. The molecule has 1 aliphatic rings. The Kier molecular flexibility index (Phi) is 3.53. The Morgan fingerprint density at radius 3 is 2.71 bits per heavy atom. The highest BCUT2D eigenvalue weighted by Gasteiger charge is 2.41. The number of aliphatic carboxylic acids is 1. The van der Waals surface area contributed by atoms with Gasteiger partial charge in [-0.2, -0.15) is 0 Å². The van der Waals surface area contributed by atoms with Crippen molar-refractivity contribution in [3.05, 3.63) is 0 Å². The van der Waals surface area contributed by atoms with E-state index < -0.39 is 5.97 Å². The van der Waals surface area contributed by atoms with Crippen molar-refractivity contribution in [2.75, 3.05) is 6.54 Å². The van der Waals surface area contributed by atoms with Crippen LogP contribution in [-0.4, -0.2) is 17.6 Å². The maximum absolute atomic E-state index is 10.8. The Balaban J connectivity index is 2.79. The van der Waals surface area contributed by atoms with Gasteiger partial charge in [0.1, 0.15) is 0 Å². The smallest absolute Gasteiger partial charge is 0.303 e. The summed E-state index contributed by atoms with van der Waals surface area (Å²) in [7, 11) is 0. The zero-order valence-corrected chi connectivity index (χ0v) is 9.12. The predicted molar refractivity (Wildman–Crippen MR) is 55.9 cm³/mol. The van der Waals surface area contributed by atoms with E-state index >= 15 is 0 Å². The average Bonchev–Trinajstić information content (AvgIpc) is 2.12. The summed E-state index contributed by atoms with van der Waals surface area (Å²) in [6, 6.07) is 0. The molecule has 0 spiro atoms. The molecule has 1 saturated carbocycles. The molecular formula is C11H21NO2. The fraction of sp³-hybridized carbons (Fsp3) is 0.909. The standard InChI is InChI=1S/C11H21NO2/c1-8-4-3-5-11(7-12,9(8)2)6-10(13)14/h8-9H,3-7,12H2,1-2H3,(H,13,14)/t8?,9-,11?/m0/s1. The van der Waals surface area contributed by atoms with Gasteiger partial charge in [0.15, 0.2) is 0 Å². The van der Waals surface area contributed by atoms with Gasteiger partial charge in [0.25, 0.3) is 0 Å². The summed E-state index contributed by atoms with van der Waals surface area (Å²) >= 11 is 0. The number of carbonyl (C=O) groups is 1. The molecule has 82 valence electrons. The van der Waals surface area contributed by atoms with Crippen LogP contribution in [0.4, 0.5) is 0 Å². The Hall–Kier alpha value is -0.570. The molecule has 0 heterocycles. The van der Waals surface area contributed by atoms with E-state index in [0.717, 1.165) is 12.8 Å². The Morgan fingerprint density at radius 1 is 1.57 bits per heavy atom. The van der Waals surface area contributed by atoms with Crippen LogP contribution >= 0.6 is 0 Å². The highest BCUT2D eigenvalue weighted by molar-refractivity contribution is 5.67. The number of carboxylic acids is 1. The van der Waals surface area contributed by atoms with Gasteiger partial charge < -0.3 is 10.8 Å². The highest BCUT2D eigenvalue weighted by Crippen LogP contribution is 2.45. The van der Waals surface area contributed by atoms with Gasteiger partial charge >= 0.3 is 5.97 Å². The van der Waals surface area contributed by atoms with Crippen molar-refractivity contribution in [3.63, 3.8) is 0 Å². The van der Waals surface area contributed by atoms with Crippen LogP contribution in [0, 0.1) is 17.3 Å². The van der Waals surface area contributed by atoms with Crippen molar-refractivity contribution in [2.45, 2.75) is 39.5 Å². The molecule has 0 radical (unpaired) electrons. The molecule has 0 bridgehead atoms. The van der Waals surface area contributed by atoms with Gasteiger partial charge in [-0.05, 0) is 30.2 Å². The second-order valence-corrected chi connectivity index (χ2v) is 4.80. The van der Waals surface area contributed by atoms with Crippen LogP contribution in [0.3, 0.4) is 0 Å². The quantitative estimate of drug-likeness (QED) is 0.729. The monoisotopic (exact) mass is 199 g/mol. The maximum Gasteiger partial charge on any atom is 0.303 e. The first-order chi connectivity index (χ1) is 6.52. The molecule has 0 aromatic heterocycles. The van der Waals surface area contributed by atoms with E-state index in [-0.39, 0.29) is 11.8 Å². The second-order valence-electron chi connectivity index (χ2n) is 4.80. The molecule has 1 fully saturated rings. The van der Waals surface area contributed by atoms with Gasteiger partial charge in [-0.15, -0.1) is 0 Å². The zero-order valence-electron chi connectivity index (χ0n) is 9.12. The fourth-order valence-corrected chi connectivity index (χ4v) is 2.77. The van der Waals surface area contributed by atoms with E-state index in [4.69, 9.17) is 10.8 Å². The molecule has 1 aliphatic carbocycles. The Bertz CT molecular complexity index is 217. The lowest BCUT2D eigenvalue weighted by Gasteiger charge is -2.44. The topological polar surface area (TPSA) is 63.3 Å². The molecule has 0 aromatic carbocycles. The van der Waals surface area contributed by atoms with Crippen molar-refractivity contribution >= 4 is 5.97 Å². The third-order valence-electron chi connectivity index (χ3n) is 4.06. The lowest BCUT2D eigenvalue weighted by molar-refractivity contribution is -0.141. The SMILES string of the molecule is CC1CCCC(CN)(CC(=O)O)[C@H]1C. The number of rotatable bonds is 3. The first-order valence-electron chi connectivity index (χ1n) is 5.44. The van der Waals surface area contributed by atoms with Crippen LogP contribution in [0.15, 0.2) is 0 Å². The highest BCUT2D eigenvalue weighted by atomic mass is 16.4. The zero-order chi connectivity index (χ0) is 10.8. The minimum atomic E-state index is -0.712. The molecule has 0 aromatic rings. The normalized spacial score (nSPS) is 38.2. The van der Waals surface area contributed by atoms with Crippen LogP contribution in [0.2, 0.25) is 0 Å². The van der Waals surface area contributed by atoms with Crippen LogP contribution in [0.5, 0.6) is 0 Å². The molecule has 0 amide bonds. The molecule has 3 nitrogen and oxygen atoms in total. The summed E-state index contributed by atoms with van der Waals surface area (Å²) < 4.78 is 0. The summed E-state index contributed by atoms with van der Waals surface area (Å²) in [6.07, 6.45) is 3.54. The lowest BCUT2D eigenvalue weighted by Crippen LogP contribution is -2.44. The van der Waals surface area contributed by atoms with Crippen LogP contribution < -0.4 is 5.73 Å². The predicted octanol–water partition coefficient (Wildman–Crippen LogP) is 1.86. The summed E-state index contributed by atoms with van der Waals surface area (Å²) in [5, 5.41) is 8.91. The fourth-order valence-electron chi connectivity index (χ4n) is 2.77. The summed E-state index contributed by atoms with van der Waals surface area (Å²) in [5.74, 6) is 0.320. The van der Waals surface area contributed by atoms with E-state index in [0.29, 0.717) is 18.4 Å². The molecule has 14 heavy (non-hydrogen) atoms. The molecule has 3 heteroatoms. The molecule has 0 saturated heterocycles. The van der Waals surface area contributed by atoms with E-state index in [1.807, 2.05) is 0 Å². The van der Waals surface area contributed by atoms with E-state index in [1.165, 1.54) is 6.42 Å². The minimum Gasteiger partial charge on any atom is -0.481 e. The van der Waals surface area contributed by atoms with Crippen molar-refractivity contribution in [1.82, 2.24) is 0 Å². The summed E-state index contributed by atoms with van der Waals surface area (Å²) in [4.78, 5) is 10.8. The number of nitrogens with two attached hydrogens (primary N) is 1. The van der Waals surface area contributed by atoms with Gasteiger partial charge in [0.05, 0.1) is 6.42 Å². The number of carboxylic acid groups (broad SMARTS) is 1. The second kappa shape index (κ2) is 4.30. The lowest BCUT2D eigenvalue weighted by atomic mass is 9.61. The molecular weight excluding hydrogens is 178 g/mol. The van der Waals surface area contributed by atoms with Crippen LogP contribution in [-0.2, 0) is 4.79 Å². The van der Waals surface area contributed by atoms with Crippen molar-refractivity contribution < 1.29 is 9.90 Å². The minimum absolute atomic E-state index is 0.149. The first-order valence-corrected chi connectivity index (χ1v) is 5.44. The van der Waals surface area contributed by atoms with E-state index in [1.54, 1.807) is 0 Å². The van der Waals surface area contributed by atoms with Crippen LogP contribution in [0.25, 0.3) is 0 Å². The Labute approximate surface area is 85.7 Å².